The first-order chi connectivity index (χ1) is 8.61. The molecule has 0 unspecified atom stereocenters. The van der Waals surface area contributed by atoms with Crippen molar-refractivity contribution in [2.45, 2.75) is 0 Å². The Balaban J connectivity index is 2.38. The van der Waals surface area contributed by atoms with Crippen molar-refractivity contribution in [3.05, 3.63) is 45.5 Å². The molecule has 1 aromatic heterocycles. The lowest BCUT2D eigenvalue weighted by Crippen LogP contribution is -2.12. The molecule has 0 aliphatic heterocycles. The summed E-state index contributed by atoms with van der Waals surface area (Å²) in [5, 5.41) is 2.79. The molecular formula is C11H9F2IN4. The van der Waals surface area contributed by atoms with Gasteiger partial charge in [-0.25, -0.2) is 19.6 Å². The number of aromatic nitrogens is 1. The molecule has 0 atom stereocenters. The molecule has 0 spiro atoms. The van der Waals surface area contributed by atoms with Crippen LogP contribution in [0.4, 0.5) is 26.1 Å². The molecule has 0 amide bonds. The summed E-state index contributed by atoms with van der Waals surface area (Å²) in [6.07, 6.45) is 0. The van der Waals surface area contributed by atoms with Crippen LogP contribution in [-0.2, 0) is 0 Å². The van der Waals surface area contributed by atoms with Crippen molar-refractivity contribution in [2.24, 2.45) is 5.84 Å². The van der Waals surface area contributed by atoms with Crippen molar-refractivity contribution in [3.8, 4) is 0 Å². The van der Waals surface area contributed by atoms with Gasteiger partial charge in [0.25, 0.3) is 0 Å². The first kappa shape index (κ1) is 13.0. The molecule has 0 radical (unpaired) electrons. The Morgan fingerprint density at radius 3 is 2.44 bits per heavy atom. The van der Waals surface area contributed by atoms with E-state index in [-0.39, 0.29) is 11.6 Å². The highest BCUT2D eigenvalue weighted by Gasteiger charge is 2.12. The van der Waals surface area contributed by atoms with Gasteiger partial charge in [-0.05, 0) is 34.7 Å². The highest BCUT2D eigenvalue weighted by atomic mass is 127. The largest absolute Gasteiger partial charge is 0.337 e. The third-order valence-corrected chi connectivity index (χ3v) is 3.13. The quantitative estimate of drug-likeness (QED) is 0.446. The molecule has 94 valence electrons. The van der Waals surface area contributed by atoms with Gasteiger partial charge in [-0.3, -0.25) is 0 Å². The zero-order chi connectivity index (χ0) is 13.1. The summed E-state index contributed by atoms with van der Waals surface area (Å²) in [7, 11) is 0. The molecule has 0 saturated carbocycles. The lowest BCUT2D eigenvalue weighted by molar-refractivity contribution is 0.579. The van der Waals surface area contributed by atoms with Crippen LogP contribution in [0, 0.1) is 15.2 Å². The summed E-state index contributed by atoms with van der Waals surface area (Å²) < 4.78 is 27.6. The highest BCUT2D eigenvalue weighted by molar-refractivity contribution is 14.1. The number of halogens is 3. The fraction of sp³-hybridized carbons (Fsp3) is 0. The van der Waals surface area contributed by atoms with Gasteiger partial charge < -0.3 is 10.7 Å². The number of rotatable bonds is 3. The van der Waals surface area contributed by atoms with Crippen LogP contribution < -0.4 is 16.6 Å². The summed E-state index contributed by atoms with van der Waals surface area (Å²) in [5.74, 6) is 3.15. The van der Waals surface area contributed by atoms with Gasteiger partial charge in [-0.1, -0.05) is 12.1 Å². The van der Waals surface area contributed by atoms with E-state index < -0.39 is 11.6 Å². The molecule has 4 N–H and O–H groups in total. The summed E-state index contributed by atoms with van der Waals surface area (Å²) in [4.78, 5) is 3.73. The van der Waals surface area contributed by atoms with E-state index in [4.69, 9.17) is 5.84 Å². The Morgan fingerprint density at radius 2 is 1.78 bits per heavy atom. The first-order valence-electron chi connectivity index (χ1n) is 4.96. The molecule has 0 fully saturated rings. The van der Waals surface area contributed by atoms with E-state index in [0.717, 1.165) is 9.64 Å². The fourth-order valence-electron chi connectivity index (χ4n) is 1.35. The average Bonchev–Trinajstić information content (AvgIpc) is 2.35. The lowest BCUT2D eigenvalue weighted by Gasteiger charge is -2.10. The lowest BCUT2D eigenvalue weighted by atomic mass is 10.3. The van der Waals surface area contributed by atoms with Crippen LogP contribution in [0.1, 0.15) is 0 Å². The van der Waals surface area contributed by atoms with E-state index in [9.17, 15) is 8.78 Å². The summed E-state index contributed by atoms with van der Waals surface area (Å²) in [6, 6.07) is 8.00. The van der Waals surface area contributed by atoms with E-state index in [1.54, 1.807) is 12.1 Å². The molecule has 2 rings (SSSR count). The van der Waals surface area contributed by atoms with E-state index in [1.165, 1.54) is 0 Å². The van der Waals surface area contributed by atoms with Gasteiger partial charge in [0.15, 0.2) is 23.3 Å². The topological polar surface area (TPSA) is 63.0 Å². The molecule has 4 nitrogen and oxygen atoms in total. The Morgan fingerprint density at radius 1 is 1.11 bits per heavy atom. The number of nitrogens with zero attached hydrogens (tertiary/aromatic N) is 1. The number of nitrogen functional groups attached to an aromatic ring is 1. The minimum Gasteiger partial charge on any atom is -0.337 e. The number of anilines is 3. The molecule has 0 saturated heterocycles. The summed E-state index contributed by atoms with van der Waals surface area (Å²) in [6.45, 7) is 0. The maximum Gasteiger partial charge on any atom is 0.178 e. The highest BCUT2D eigenvalue weighted by Crippen LogP contribution is 2.25. The monoisotopic (exact) mass is 362 g/mol. The average molecular weight is 362 g/mol. The van der Waals surface area contributed by atoms with Crippen molar-refractivity contribution in [1.82, 2.24) is 4.98 Å². The number of hydrogen-bond acceptors (Lipinski definition) is 4. The van der Waals surface area contributed by atoms with Crippen molar-refractivity contribution in [2.75, 3.05) is 10.7 Å². The van der Waals surface area contributed by atoms with E-state index in [2.05, 4.69) is 38.3 Å². The van der Waals surface area contributed by atoms with Gasteiger partial charge >= 0.3 is 0 Å². The summed E-state index contributed by atoms with van der Waals surface area (Å²) in [5.41, 5.74) is 2.75. The normalized spacial score (nSPS) is 10.2. The number of nitrogens with one attached hydrogen (secondary N) is 2. The third kappa shape index (κ3) is 2.67. The van der Waals surface area contributed by atoms with Crippen LogP contribution in [0.2, 0.25) is 0 Å². The zero-order valence-electron chi connectivity index (χ0n) is 9.05. The van der Waals surface area contributed by atoms with Crippen molar-refractivity contribution in [1.29, 1.82) is 0 Å². The van der Waals surface area contributed by atoms with Crippen LogP contribution in [-0.4, -0.2) is 4.98 Å². The minimum absolute atomic E-state index is 0.0894. The fourth-order valence-corrected chi connectivity index (χ4v) is 1.87. The molecule has 1 aromatic carbocycles. The van der Waals surface area contributed by atoms with E-state index in [1.807, 2.05) is 12.1 Å². The van der Waals surface area contributed by atoms with Crippen LogP contribution in [0.15, 0.2) is 30.3 Å². The third-order valence-electron chi connectivity index (χ3n) is 2.19. The number of para-hydroxylation sites is 1. The number of pyridine rings is 1. The molecule has 1 heterocycles. The van der Waals surface area contributed by atoms with Crippen molar-refractivity contribution in [3.63, 3.8) is 0 Å². The minimum atomic E-state index is -0.844. The second kappa shape index (κ2) is 5.44. The van der Waals surface area contributed by atoms with Crippen molar-refractivity contribution >= 4 is 39.9 Å². The predicted octanol–water partition coefficient (Wildman–Crippen LogP) is 2.99. The van der Waals surface area contributed by atoms with Gasteiger partial charge in [0.05, 0.1) is 5.69 Å². The van der Waals surface area contributed by atoms with Gasteiger partial charge in [0.2, 0.25) is 0 Å². The Labute approximate surface area is 116 Å². The zero-order valence-corrected chi connectivity index (χ0v) is 11.2. The Kier molecular flexibility index (Phi) is 3.92. The molecule has 0 aliphatic rings. The molecule has 0 bridgehead atoms. The number of benzene rings is 1. The second-order valence-corrected chi connectivity index (χ2v) is 4.56. The Bertz CT molecular complexity index is 577. The number of hydrogen-bond donors (Lipinski definition) is 3. The van der Waals surface area contributed by atoms with Crippen LogP contribution in [0.3, 0.4) is 0 Å². The summed E-state index contributed by atoms with van der Waals surface area (Å²) >= 11 is 2.10. The van der Waals surface area contributed by atoms with Crippen LogP contribution in [0.25, 0.3) is 0 Å². The first-order valence-corrected chi connectivity index (χ1v) is 6.04. The molecule has 7 heteroatoms. The number of hydrazine groups is 1. The second-order valence-electron chi connectivity index (χ2n) is 3.40. The maximum atomic E-state index is 13.5. The smallest absolute Gasteiger partial charge is 0.178 e. The standard InChI is InChI=1S/C11H9F2IN4/c12-6-5-7(13)11(18-15)17-10(6)16-9-4-2-1-3-8(9)14/h1-5H,15H2,(H2,16,17,18). The van der Waals surface area contributed by atoms with E-state index >= 15 is 0 Å². The number of nitrogens with two attached hydrogens (primary N) is 1. The Hall–Kier alpha value is -1.48. The maximum absolute atomic E-state index is 13.5. The molecule has 18 heavy (non-hydrogen) atoms. The van der Waals surface area contributed by atoms with E-state index in [0.29, 0.717) is 5.69 Å². The SMILES string of the molecule is NNc1nc(Nc2ccccc2I)c(F)cc1F. The van der Waals surface area contributed by atoms with Gasteiger partial charge in [-0.2, -0.15) is 0 Å². The van der Waals surface area contributed by atoms with Gasteiger partial charge in [-0.15, -0.1) is 0 Å². The van der Waals surface area contributed by atoms with Gasteiger partial charge in [0, 0.05) is 9.64 Å². The molecule has 2 aromatic rings. The molecular weight excluding hydrogens is 353 g/mol. The molecule has 0 aliphatic carbocycles. The van der Waals surface area contributed by atoms with Crippen molar-refractivity contribution < 1.29 is 8.78 Å². The van der Waals surface area contributed by atoms with Crippen LogP contribution in [0.5, 0.6) is 0 Å². The predicted molar refractivity (Wildman–Crippen MR) is 74.4 cm³/mol. The van der Waals surface area contributed by atoms with Crippen LogP contribution >= 0.6 is 22.6 Å². The van der Waals surface area contributed by atoms with Gasteiger partial charge in [0.1, 0.15) is 0 Å².